The van der Waals surface area contributed by atoms with Crippen LogP contribution in [0.3, 0.4) is 0 Å². The second-order valence-corrected chi connectivity index (χ2v) is 5.87. The van der Waals surface area contributed by atoms with E-state index in [1.165, 1.54) is 31.6 Å². The lowest BCUT2D eigenvalue weighted by Crippen LogP contribution is -2.29. The summed E-state index contributed by atoms with van der Waals surface area (Å²) in [5.74, 6) is 0.868. The molecule has 2 rings (SSSR count). The van der Waals surface area contributed by atoms with E-state index in [1.54, 1.807) is 11.3 Å². The fourth-order valence-electron chi connectivity index (χ4n) is 2.36. The first-order chi connectivity index (χ1) is 8.24. The summed E-state index contributed by atoms with van der Waals surface area (Å²) in [6, 6.07) is 0. The summed E-state index contributed by atoms with van der Waals surface area (Å²) < 4.78 is 0. The Bertz CT molecular complexity index is 341. The zero-order valence-corrected chi connectivity index (χ0v) is 11.5. The van der Waals surface area contributed by atoms with E-state index in [2.05, 4.69) is 24.3 Å². The minimum atomic E-state index is 0.219. The Labute approximate surface area is 107 Å². The Morgan fingerprint density at radius 2 is 2.24 bits per heavy atom. The molecule has 1 aliphatic rings. The number of thiazole rings is 1. The first kappa shape index (κ1) is 13.0. The molecule has 0 aliphatic carbocycles. The number of aromatic nitrogens is 1. The van der Waals surface area contributed by atoms with Gasteiger partial charge in [0.05, 0.1) is 17.3 Å². The predicted octanol–water partition coefficient (Wildman–Crippen LogP) is 2.44. The number of hydrogen-bond acceptors (Lipinski definition) is 4. The lowest BCUT2D eigenvalue weighted by atomic mass is 9.94. The smallest absolute Gasteiger partial charge is 0.0982 e. The predicted molar refractivity (Wildman–Crippen MR) is 71.7 cm³/mol. The number of rotatable bonds is 4. The summed E-state index contributed by atoms with van der Waals surface area (Å²) in [5, 5.41) is 12.6. The van der Waals surface area contributed by atoms with Crippen LogP contribution in [0.4, 0.5) is 0 Å². The second-order valence-electron chi connectivity index (χ2n) is 4.98. The van der Waals surface area contributed by atoms with Crippen LogP contribution in [-0.2, 0) is 0 Å². The Balaban J connectivity index is 2.02. The number of piperidine rings is 1. The van der Waals surface area contributed by atoms with E-state index in [4.69, 9.17) is 4.98 Å². The maximum atomic E-state index is 9.29. The van der Waals surface area contributed by atoms with Gasteiger partial charge < -0.3 is 10.0 Å². The fraction of sp³-hybridized carbons (Fsp3) is 0.769. The molecular formula is C13H22N2OS. The summed E-state index contributed by atoms with van der Waals surface area (Å²) >= 11 is 1.72. The van der Waals surface area contributed by atoms with E-state index < -0.39 is 0 Å². The van der Waals surface area contributed by atoms with E-state index in [1.807, 2.05) is 0 Å². The second kappa shape index (κ2) is 5.94. The van der Waals surface area contributed by atoms with Gasteiger partial charge >= 0.3 is 0 Å². The highest BCUT2D eigenvalue weighted by atomic mass is 32.1. The molecule has 0 radical (unpaired) electrons. The van der Waals surface area contributed by atoms with E-state index in [-0.39, 0.29) is 12.5 Å². The van der Waals surface area contributed by atoms with Gasteiger partial charge in [-0.05, 0) is 39.4 Å². The Kier molecular flexibility index (Phi) is 4.54. The van der Waals surface area contributed by atoms with Gasteiger partial charge in [0.25, 0.3) is 0 Å². The molecule has 0 aromatic carbocycles. The molecule has 1 unspecified atom stereocenters. The molecule has 3 nitrogen and oxygen atoms in total. The van der Waals surface area contributed by atoms with E-state index >= 15 is 0 Å². The molecule has 1 atom stereocenters. The molecule has 1 aromatic heterocycles. The molecule has 96 valence electrons. The minimum Gasteiger partial charge on any atom is -0.396 e. The standard InChI is InChI=1S/C13H22N2OS/c1-3-10(8-16)13-14-12(9-17-13)11-4-6-15(2)7-5-11/h9-11,16H,3-8H2,1-2H3. The SMILES string of the molecule is CCC(CO)c1nc(C2CCN(C)CC2)cs1. The van der Waals surface area contributed by atoms with Crippen LogP contribution < -0.4 is 0 Å². The molecule has 0 saturated carbocycles. The van der Waals surface area contributed by atoms with Crippen molar-refractivity contribution in [2.45, 2.75) is 38.0 Å². The normalized spacial score (nSPS) is 20.6. The van der Waals surface area contributed by atoms with Gasteiger partial charge in [0.2, 0.25) is 0 Å². The molecular weight excluding hydrogens is 232 g/mol. The van der Waals surface area contributed by atoms with Crippen LogP contribution in [0.15, 0.2) is 5.38 Å². The van der Waals surface area contributed by atoms with Gasteiger partial charge in [-0.1, -0.05) is 6.92 Å². The van der Waals surface area contributed by atoms with Crippen molar-refractivity contribution in [2.24, 2.45) is 0 Å². The summed E-state index contributed by atoms with van der Waals surface area (Å²) in [6.07, 6.45) is 3.40. The Morgan fingerprint density at radius 1 is 1.53 bits per heavy atom. The fourth-order valence-corrected chi connectivity index (χ4v) is 3.44. The molecule has 2 heterocycles. The van der Waals surface area contributed by atoms with Gasteiger partial charge in [0.15, 0.2) is 0 Å². The molecule has 0 spiro atoms. The number of nitrogens with zero attached hydrogens (tertiary/aromatic N) is 2. The first-order valence-corrected chi connectivity index (χ1v) is 7.37. The zero-order chi connectivity index (χ0) is 12.3. The van der Waals surface area contributed by atoms with Gasteiger partial charge in [-0.25, -0.2) is 4.98 Å². The van der Waals surface area contributed by atoms with Gasteiger partial charge in [-0.2, -0.15) is 0 Å². The molecule has 1 aliphatic heterocycles. The molecule has 0 bridgehead atoms. The summed E-state index contributed by atoms with van der Waals surface area (Å²) in [4.78, 5) is 7.12. The van der Waals surface area contributed by atoms with Crippen molar-refractivity contribution in [3.63, 3.8) is 0 Å². The van der Waals surface area contributed by atoms with Gasteiger partial charge in [-0.15, -0.1) is 11.3 Å². The van der Waals surface area contributed by atoms with Crippen LogP contribution >= 0.6 is 11.3 Å². The highest BCUT2D eigenvalue weighted by molar-refractivity contribution is 7.09. The number of aliphatic hydroxyl groups is 1. The maximum absolute atomic E-state index is 9.29. The van der Waals surface area contributed by atoms with Gasteiger partial charge in [-0.3, -0.25) is 0 Å². The van der Waals surface area contributed by atoms with E-state index in [0.29, 0.717) is 5.92 Å². The van der Waals surface area contributed by atoms with Crippen LogP contribution in [0.1, 0.15) is 48.7 Å². The van der Waals surface area contributed by atoms with E-state index in [0.717, 1.165) is 11.4 Å². The summed E-state index contributed by atoms with van der Waals surface area (Å²) in [7, 11) is 2.18. The summed E-state index contributed by atoms with van der Waals surface area (Å²) in [6.45, 7) is 4.68. The maximum Gasteiger partial charge on any atom is 0.0982 e. The third kappa shape index (κ3) is 3.06. The average Bonchev–Trinajstić information content (AvgIpc) is 2.81. The van der Waals surface area contributed by atoms with Crippen LogP contribution in [0, 0.1) is 0 Å². The quantitative estimate of drug-likeness (QED) is 0.896. The van der Waals surface area contributed by atoms with Crippen molar-refractivity contribution < 1.29 is 5.11 Å². The van der Waals surface area contributed by atoms with E-state index in [9.17, 15) is 5.11 Å². The molecule has 1 aromatic rings. The van der Waals surface area contributed by atoms with Crippen molar-refractivity contribution >= 4 is 11.3 Å². The summed E-state index contributed by atoms with van der Waals surface area (Å²) in [5.41, 5.74) is 1.25. The average molecular weight is 254 g/mol. The Morgan fingerprint density at radius 3 is 2.82 bits per heavy atom. The highest BCUT2D eigenvalue weighted by Gasteiger charge is 2.22. The van der Waals surface area contributed by atoms with Crippen molar-refractivity contribution in [1.82, 2.24) is 9.88 Å². The molecule has 1 saturated heterocycles. The lowest BCUT2D eigenvalue weighted by molar-refractivity contribution is 0.252. The van der Waals surface area contributed by atoms with Gasteiger partial charge in [0, 0.05) is 17.2 Å². The third-order valence-electron chi connectivity index (χ3n) is 3.74. The first-order valence-electron chi connectivity index (χ1n) is 6.49. The molecule has 4 heteroatoms. The van der Waals surface area contributed by atoms with Crippen LogP contribution in [0.25, 0.3) is 0 Å². The third-order valence-corrected chi connectivity index (χ3v) is 4.76. The monoisotopic (exact) mass is 254 g/mol. The lowest BCUT2D eigenvalue weighted by Gasteiger charge is -2.27. The molecule has 1 N–H and O–H groups in total. The molecule has 0 amide bonds. The molecule has 17 heavy (non-hydrogen) atoms. The van der Waals surface area contributed by atoms with Crippen LogP contribution in [-0.4, -0.2) is 41.7 Å². The van der Waals surface area contributed by atoms with Crippen molar-refractivity contribution in [3.05, 3.63) is 16.1 Å². The van der Waals surface area contributed by atoms with Crippen LogP contribution in [0.2, 0.25) is 0 Å². The number of hydrogen-bond donors (Lipinski definition) is 1. The van der Waals surface area contributed by atoms with Crippen LogP contribution in [0.5, 0.6) is 0 Å². The molecule has 1 fully saturated rings. The van der Waals surface area contributed by atoms with Gasteiger partial charge in [0.1, 0.15) is 0 Å². The number of aliphatic hydroxyl groups excluding tert-OH is 1. The van der Waals surface area contributed by atoms with Crippen molar-refractivity contribution in [2.75, 3.05) is 26.7 Å². The zero-order valence-electron chi connectivity index (χ0n) is 10.7. The minimum absolute atomic E-state index is 0.219. The Hall–Kier alpha value is -0.450. The topological polar surface area (TPSA) is 36.4 Å². The highest BCUT2D eigenvalue weighted by Crippen LogP contribution is 2.31. The van der Waals surface area contributed by atoms with Crippen molar-refractivity contribution in [1.29, 1.82) is 0 Å². The largest absolute Gasteiger partial charge is 0.396 e. The van der Waals surface area contributed by atoms with Crippen molar-refractivity contribution in [3.8, 4) is 0 Å². The number of likely N-dealkylation sites (tertiary alicyclic amines) is 1.